The van der Waals surface area contributed by atoms with Gasteiger partial charge >= 0.3 is 0 Å². The molecular weight excluding hydrogens is 224 g/mol. The lowest BCUT2D eigenvalue weighted by molar-refractivity contribution is 0.278. The first-order valence-electron chi connectivity index (χ1n) is 6.78. The van der Waals surface area contributed by atoms with E-state index in [0.717, 1.165) is 31.0 Å². The van der Waals surface area contributed by atoms with Gasteiger partial charge in [-0.05, 0) is 37.2 Å². The third kappa shape index (κ3) is 3.42. The van der Waals surface area contributed by atoms with Gasteiger partial charge < -0.3 is 10.6 Å². The first-order chi connectivity index (χ1) is 8.46. The van der Waals surface area contributed by atoms with Gasteiger partial charge in [0.2, 0.25) is 5.95 Å². The molecule has 1 aliphatic rings. The van der Waals surface area contributed by atoms with Crippen molar-refractivity contribution in [3.05, 3.63) is 18.0 Å². The Kier molecular flexibility index (Phi) is 3.85. The van der Waals surface area contributed by atoms with Crippen LogP contribution in [0.4, 0.5) is 5.95 Å². The molecule has 0 aliphatic carbocycles. The van der Waals surface area contributed by atoms with Gasteiger partial charge in [0.25, 0.3) is 0 Å². The van der Waals surface area contributed by atoms with E-state index in [0.29, 0.717) is 5.41 Å². The highest BCUT2D eigenvalue weighted by atomic mass is 15.2. The molecule has 1 aromatic rings. The largest absolute Gasteiger partial charge is 0.341 e. The maximum Gasteiger partial charge on any atom is 0.225 e. The van der Waals surface area contributed by atoms with Crippen LogP contribution in [-0.4, -0.2) is 29.1 Å². The lowest BCUT2D eigenvalue weighted by atomic mass is 9.83. The standard InChI is InChI=1S/C14H24N4/c1-11(15)8-12-9-16-13(17-10-12)18-6-4-14(2,3)5-7-18/h9-11H,4-8,15H2,1-3H3. The fourth-order valence-corrected chi connectivity index (χ4v) is 2.30. The monoisotopic (exact) mass is 248 g/mol. The summed E-state index contributed by atoms with van der Waals surface area (Å²) in [6.07, 6.45) is 7.07. The van der Waals surface area contributed by atoms with Crippen molar-refractivity contribution in [2.75, 3.05) is 18.0 Å². The van der Waals surface area contributed by atoms with Crippen LogP contribution in [0.15, 0.2) is 12.4 Å². The van der Waals surface area contributed by atoms with Crippen LogP contribution in [0, 0.1) is 5.41 Å². The number of rotatable bonds is 3. The maximum absolute atomic E-state index is 5.77. The summed E-state index contributed by atoms with van der Waals surface area (Å²) in [6, 6.07) is 0.162. The molecule has 1 atom stereocenters. The number of hydrogen-bond donors (Lipinski definition) is 1. The molecule has 2 heterocycles. The van der Waals surface area contributed by atoms with E-state index in [1.807, 2.05) is 19.3 Å². The molecule has 4 heteroatoms. The second-order valence-electron chi connectivity index (χ2n) is 6.22. The van der Waals surface area contributed by atoms with Crippen LogP contribution < -0.4 is 10.6 Å². The third-order valence-corrected chi connectivity index (χ3v) is 3.65. The number of nitrogens with two attached hydrogens (primary N) is 1. The van der Waals surface area contributed by atoms with Gasteiger partial charge in [0, 0.05) is 31.5 Å². The Morgan fingerprint density at radius 2 is 1.83 bits per heavy atom. The number of anilines is 1. The van der Waals surface area contributed by atoms with E-state index < -0.39 is 0 Å². The molecule has 0 aromatic carbocycles. The molecule has 2 N–H and O–H groups in total. The highest BCUT2D eigenvalue weighted by molar-refractivity contribution is 5.30. The Morgan fingerprint density at radius 1 is 1.28 bits per heavy atom. The average molecular weight is 248 g/mol. The normalized spacial score (nSPS) is 20.8. The number of aromatic nitrogens is 2. The van der Waals surface area contributed by atoms with E-state index >= 15 is 0 Å². The van der Waals surface area contributed by atoms with Crippen LogP contribution >= 0.6 is 0 Å². The minimum atomic E-state index is 0.162. The zero-order valence-corrected chi connectivity index (χ0v) is 11.7. The summed E-state index contributed by atoms with van der Waals surface area (Å²) in [5.41, 5.74) is 7.35. The zero-order chi connectivity index (χ0) is 13.2. The van der Waals surface area contributed by atoms with E-state index in [1.54, 1.807) is 0 Å². The molecule has 1 fully saturated rings. The van der Waals surface area contributed by atoms with E-state index in [2.05, 4.69) is 28.7 Å². The molecule has 0 amide bonds. The van der Waals surface area contributed by atoms with Gasteiger partial charge in [-0.25, -0.2) is 9.97 Å². The van der Waals surface area contributed by atoms with Crippen molar-refractivity contribution in [2.45, 2.75) is 46.1 Å². The van der Waals surface area contributed by atoms with Crippen molar-refractivity contribution in [1.82, 2.24) is 9.97 Å². The Bertz CT molecular complexity index is 373. The van der Waals surface area contributed by atoms with Gasteiger partial charge in [-0.1, -0.05) is 13.8 Å². The van der Waals surface area contributed by atoms with Gasteiger partial charge in [-0.2, -0.15) is 0 Å². The van der Waals surface area contributed by atoms with Gasteiger partial charge in [-0.3, -0.25) is 0 Å². The lowest BCUT2D eigenvalue weighted by Gasteiger charge is -2.36. The van der Waals surface area contributed by atoms with E-state index in [4.69, 9.17) is 5.73 Å². The van der Waals surface area contributed by atoms with Crippen molar-refractivity contribution in [3.8, 4) is 0 Å². The van der Waals surface area contributed by atoms with Crippen LogP contribution in [0.25, 0.3) is 0 Å². The van der Waals surface area contributed by atoms with Crippen LogP contribution in [0.3, 0.4) is 0 Å². The highest BCUT2D eigenvalue weighted by Crippen LogP contribution is 2.30. The minimum Gasteiger partial charge on any atom is -0.341 e. The van der Waals surface area contributed by atoms with Crippen LogP contribution in [-0.2, 0) is 6.42 Å². The van der Waals surface area contributed by atoms with Crippen molar-refractivity contribution in [3.63, 3.8) is 0 Å². The quantitative estimate of drug-likeness (QED) is 0.889. The van der Waals surface area contributed by atoms with Gasteiger partial charge in [0.1, 0.15) is 0 Å². The van der Waals surface area contributed by atoms with Gasteiger partial charge in [0.05, 0.1) is 0 Å². The predicted molar refractivity (Wildman–Crippen MR) is 74.6 cm³/mol. The SMILES string of the molecule is CC(N)Cc1cnc(N2CCC(C)(C)CC2)nc1. The van der Waals surface area contributed by atoms with Crippen molar-refractivity contribution in [1.29, 1.82) is 0 Å². The molecule has 0 bridgehead atoms. The summed E-state index contributed by atoms with van der Waals surface area (Å²) >= 11 is 0. The summed E-state index contributed by atoms with van der Waals surface area (Å²) in [7, 11) is 0. The summed E-state index contributed by atoms with van der Waals surface area (Å²) in [6.45, 7) is 8.77. The molecule has 1 unspecified atom stereocenters. The number of nitrogens with zero attached hydrogens (tertiary/aromatic N) is 3. The van der Waals surface area contributed by atoms with Crippen molar-refractivity contribution >= 4 is 5.95 Å². The topological polar surface area (TPSA) is 55.0 Å². The van der Waals surface area contributed by atoms with Crippen molar-refractivity contribution in [2.24, 2.45) is 11.1 Å². The van der Waals surface area contributed by atoms with Gasteiger partial charge in [0.15, 0.2) is 0 Å². The zero-order valence-electron chi connectivity index (χ0n) is 11.7. The Morgan fingerprint density at radius 3 is 2.33 bits per heavy atom. The van der Waals surface area contributed by atoms with E-state index in [-0.39, 0.29) is 6.04 Å². The Labute approximate surface area is 110 Å². The smallest absolute Gasteiger partial charge is 0.225 e. The summed E-state index contributed by atoms with van der Waals surface area (Å²) in [4.78, 5) is 11.2. The third-order valence-electron chi connectivity index (χ3n) is 3.65. The molecular formula is C14H24N4. The summed E-state index contributed by atoms with van der Waals surface area (Å²) in [5, 5.41) is 0. The Hall–Kier alpha value is -1.16. The Balaban J connectivity index is 1.98. The molecule has 1 aromatic heterocycles. The fourth-order valence-electron chi connectivity index (χ4n) is 2.30. The molecule has 2 rings (SSSR count). The van der Waals surface area contributed by atoms with E-state index in [1.165, 1.54) is 12.8 Å². The number of hydrogen-bond acceptors (Lipinski definition) is 4. The predicted octanol–water partition coefficient (Wildman–Crippen LogP) is 1.99. The first-order valence-corrected chi connectivity index (χ1v) is 6.78. The molecule has 1 aliphatic heterocycles. The van der Waals surface area contributed by atoms with E-state index in [9.17, 15) is 0 Å². The van der Waals surface area contributed by atoms with Crippen molar-refractivity contribution < 1.29 is 0 Å². The molecule has 0 spiro atoms. The fraction of sp³-hybridized carbons (Fsp3) is 0.714. The first kappa shape index (κ1) is 13.3. The molecule has 100 valence electrons. The summed E-state index contributed by atoms with van der Waals surface area (Å²) < 4.78 is 0. The number of piperidine rings is 1. The summed E-state index contributed by atoms with van der Waals surface area (Å²) in [5.74, 6) is 0.860. The van der Waals surface area contributed by atoms with Gasteiger partial charge in [-0.15, -0.1) is 0 Å². The molecule has 0 saturated carbocycles. The van der Waals surface area contributed by atoms with Crippen LogP contribution in [0.5, 0.6) is 0 Å². The molecule has 18 heavy (non-hydrogen) atoms. The maximum atomic E-state index is 5.77. The second-order valence-corrected chi connectivity index (χ2v) is 6.22. The average Bonchev–Trinajstić information content (AvgIpc) is 2.30. The second kappa shape index (κ2) is 5.22. The van der Waals surface area contributed by atoms with Crippen LogP contribution in [0.2, 0.25) is 0 Å². The highest BCUT2D eigenvalue weighted by Gasteiger charge is 2.26. The molecule has 0 radical (unpaired) electrons. The minimum absolute atomic E-state index is 0.162. The molecule has 4 nitrogen and oxygen atoms in total. The molecule has 1 saturated heterocycles. The van der Waals surface area contributed by atoms with Crippen LogP contribution in [0.1, 0.15) is 39.2 Å². The lowest BCUT2D eigenvalue weighted by Crippen LogP contribution is -2.38.